The molecule has 21 heavy (non-hydrogen) atoms. The van der Waals surface area contributed by atoms with Crippen LogP contribution >= 0.6 is 0 Å². The molecular formula is C18H30N2O. The van der Waals surface area contributed by atoms with Gasteiger partial charge in [0.2, 0.25) is 0 Å². The molecule has 0 aromatic carbocycles. The van der Waals surface area contributed by atoms with Crippen LogP contribution in [0.4, 0.5) is 0 Å². The van der Waals surface area contributed by atoms with Gasteiger partial charge in [-0.05, 0) is 62.1 Å². The molecule has 0 amide bonds. The lowest BCUT2D eigenvalue weighted by atomic mass is 10.2. The monoisotopic (exact) mass is 290 g/mol. The molecule has 3 nitrogen and oxygen atoms in total. The Bertz CT molecular complexity index is 418. The molecule has 1 N–H and O–H groups in total. The maximum absolute atomic E-state index is 6.00. The third-order valence-electron chi connectivity index (χ3n) is 4.38. The van der Waals surface area contributed by atoms with Gasteiger partial charge in [-0.2, -0.15) is 0 Å². The fourth-order valence-corrected chi connectivity index (χ4v) is 2.84. The van der Waals surface area contributed by atoms with Crippen LogP contribution in [-0.2, 0) is 13.1 Å². The highest BCUT2D eigenvalue weighted by Gasteiger charge is 2.29. The van der Waals surface area contributed by atoms with Gasteiger partial charge >= 0.3 is 0 Å². The van der Waals surface area contributed by atoms with Crippen LogP contribution in [0.2, 0.25) is 0 Å². The Hall–Kier alpha value is -0.800. The van der Waals surface area contributed by atoms with Crippen LogP contribution in [0.1, 0.15) is 51.1 Å². The summed E-state index contributed by atoms with van der Waals surface area (Å²) >= 11 is 0. The summed E-state index contributed by atoms with van der Waals surface area (Å²) < 4.78 is 6.00. The van der Waals surface area contributed by atoms with Crippen LogP contribution in [-0.4, -0.2) is 24.5 Å². The lowest BCUT2D eigenvalue weighted by molar-refractivity contribution is 0.223. The topological polar surface area (TPSA) is 28.4 Å². The van der Waals surface area contributed by atoms with Gasteiger partial charge in [0.1, 0.15) is 11.5 Å². The van der Waals surface area contributed by atoms with Crippen LogP contribution in [0, 0.1) is 17.8 Å². The fraction of sp³-hybridized carbons (Fsp3) is 0.778. The predicted molar refractivity (Wildman–Crippen MR) is 86.0 cm³/mol. The van der Waals surface area contributed by atoms with Crippen molar-refractivity contribution in [2.24, 2.45) is 17.8 Å². The van der Waals surface area contributed by atoms with E-state index in [0.717, 1.165) is 43.0 Å². The molecule has 0 saturated heterocycles. The molecule has 118 valence electrons. The smallest absolute Gasteiger partial charge is 0.118 e. The molecular weight excluding hydrogens is 260 g/mol. The number of nitrogens with one attached hydrogen (secondary N) is 1. The van der Waals surface area contributed by atoms with Crippen LogP contribution in [0.3, 0.4) is 0 Å². The molecule has 1 heterocycles. The zero-order chi connectivity index (χ0) is 14.7. The van der Waals surface area contributed by atoms with Gasteiger partial charge in [0.15, 0.2) is 0 Å². The lowest BCUT2D eigenvalue weighted by Gasteiger charge is -2.20. The number of hydrogen-bond donors (Lipinski definition) is 1. The molecule has 1 aromatic rings. The van der Waals surface area contributed by atoms with E-state index in [1.54, 1.807) is 0 Å². The standard InChI is InChI=1S/C18H30N2O/c1-14(2)9-19-10-17-7-8-18(21-17)13-20(11-15-3-4-15)12-16-5-6-16/h7-8,14-16,19H,3-6,9-13H2,1-2H3. The van der Waals surface area contributed by atoms with Crippen molar-refractivity contribution in [3.63, 3.8) is 0 Å². The average molecular weight is 290 g/mol. The molecule has 1 aromatic heterocycles. The summed E-state index contributed by atoms with van der Waals surface area (Å²) in [6.07, 6.45) is 5.74. The third kappa shape index (κ3) is 5.48. The summed E-state index contributed by atoms with van der Waals surface area (Å²) in [6, 6.07) is 4.30. The molecule has 0 radical (unpaired) electrons. The second-order valence-electron chi connectivity index (χ2n) is 7.47. The predicted octanol–water partition coefficient (Wildman–Crippen LogP) is 3.65. The molecule has 0 spiro atoms. The lowest BCUT2D eigenvalue weighted by Crippen LogP contribution is -2.27. The zero-order valence-corrected chi connectivity index (χ0v) is 13.6. The van der Waals surface area contributed by atoms with Gasteiger partial charge in [-0.3, -0.25) is 4.90 Å². The highest BCUT2D eigenvalue weighted by atomic mass is 16.3. The average Bonchev–Trinajstić information content (AvgIpc) is 3.33. The van der Waals surface area contributed by atoms with Crippen LogP contribution in [0.5, 0.6) is 0 Å². The van der Waals surface area contributed by atoms with E-state index in [9.17, 15) is 0 Å². The summed E-state index contributed by atoms with van der Waals surface area (Å²) in [4.78, 5) is 2.62. The molecule has 2 fully saturated rings. The van der Waals surface area contributed by atoms with Gasteiger partial charge in [-0.25, -0.2) is 0 Å². The minimum atomic E-state index is 0.687. The Morgan fingerprint density at radius 1 is 1.10 bits per heavy atom. The van der Waals surface area contributed by atoms with Crippen LogP contribution < -0.4 is 5.32 Å². The second kappa shape index (κ2) is 6.97. The molecule has 3 rings (SSSR count). The molecule has 0 unspecified atom stereocenters. The van der Waals surface area contributed by atoms with Gasteiger partial charge < -0.3 is 9.73 Å². The summed E-state index contributed by atoms with van der Waals surface area (Å²) in [5.74, 6) is 4.82. The van der Waals surface area contributed by atoms with Crippen molar-refractivity contribution in [2.75, 3.05) is 19.6 Å². The summed E-state index contributed by atoms with van der Waals surface area (Å²) in [7, 11) is 0. The molecule has 0 atom stereocenters. The normalized spacial score (nSPS) is 18.9. The zero-order valence-electron chi connectivity index (χ0n) is 13.6. The van der Waals surface area contributed by atoms with E-state index in [4.69, 9.17) is 4.42 Å². The van der Waals surface area contributed by atoms with Crippen molar-refractivity contribution in [1.82, 2.24) is 10.2 Å². The van der Waals surface area contributed by atoms with Crippen LogP contribution in [0.25, 0.3) is 0 Å². The first-order valence-electron chi connectivity index (χ1n) is 8.69. The SMILES string of the molecule is CC(C)CNCc1ccc(CN(CC2CC2)CC2CC2)o1. The summed E-state index contributed by atoms with van der Waals surface area (Å²) in [6.45, 7) is 9.91. The van der Waals surface area contributed by atoms with Crippen molar-refractivity contribution < 1.29 is 4.42 Å². The third-order valence-corrected chi connectivity index (χ3v) is 4.38. The molecule has 0 bridgehead atoms. The van der Waals surface area contributed by atoms with Crippen molar-refractivity contribution in [3.05, 3.63) is 23.7 Å². The maximum Gasteiger partial charge on any atom is 0.118 e. The van der Waals surface area contributed by atoms with E-state index in [1.165, 1.54) is 38.8 Å². The first kappa shape index (κ1) is 15.1. The van der Waals surface area contributed by atoms with Gasteiger partial charge in [-0.1, -0.05) is 13.8 Å². The Morgan fingerprint density at radius 3 is 2.29 bits per heavy atom. The van der Waals surface area contributed by atoms with Gasteiger partial charge in [0.05, 0.1) is 13.1 Å². The summed E-state index contributed by atoms with van der Waals surface area (Å²) in [5.41, 5.74) is 0. The van der Waals surface area contributed by atoms with Gasteiger partial charge in [-0.15, -0.1) is 0 Å². The highest BCUT2D eigenvalue weighted by Crippen LogP contribution is 2.34. The molecule has 2 aliphatic carbocycles. The van der Waals surface area contributed by atoms with Crippen LogP contribution in [0.15, 0.2) is 16.5 Å². The number of nitrogens with zero attached hydrogens (tertiary/aromatic N) is 1. The summed E-state index contributed by atoms with van der Waals surface area (Å²) in [5, 5.41) is 3.44. The Balaban J connectivity index is 1.46. The number of hydrogen-bond acceptors (Lipinski definition) is 3. The van der Waals surface area contributed by atoms with E-state index >= 15 is 0 Å². The number of rotatable bonds is 10. The highest BCUT2D eigenvalue weighted by molar-refractivity contribution is 5.07. The number of furan rings is 1. The van der Waals surface area contributed by atoms with Crippen molar-refractivity contribution in [2.45, 2.75) is 52.6 Å². The largest absolute Gasteiger partial charge is 0.463 e. The van der Waals surface area contributed by atoms with E-state index in [2.05, 4.69) is 36.2 Å². The second-order valence-corrected chi connectivity index (χ2v) is 7.47. The van der Waals surface area contributed by atoms with E-state index in [0.29, 0.717) is 5.92 Å². The van der Waals surface area contributed by atoms with Crippen molar-refractivity contribution in [1.29, 1.82) is 0 Å². The van der Waals surface area contributed by atoms with Gasteiger partial charge in [0, 0.05) is 13.1 Å². The van der Waals surface area contributed by atoms with E-state index < -0.39 is 0 Å². The molecule has 0 aliphatic heterocycles. The van der Waals surface area contributed by atoms with Gasteiger partial charge in [0.25, 0.3) is 0 Å². The minimum Gasteiger partial charge on any atom is -0.463 e. The van der Waals surface area contributed by atoms with E-state index in [-0.39, 0.29) is 0 Å². The first-order chi connectivity index (χ1) is 10.2. The molecule has 2 saturated carbocycles. The van der Waals surface area contributed by atoms with E-state index in [1.807, 2.05) is 0 Å². The van der Waals surface area contributed by atoms with Crippen molar-refractivity contribution >= 4 is 0 Å². The fourth-order valence-electron chi connectivity index (χ4n) is 2.84. The Labute approximate surface area is 129 Å². The maximum atomic E-state index is 6.00. The minimum absolute atomic E-state index is 0.687. The molecule has 2 aliphatic rings. The quantitative estimate of drug-likeness (QED) is 0.713. The van der Waals surface area contributed by atoms with Crippen molar-refractivity contribution in [3.8, 4) is 0 Å². The Kier molecular flexibility index (Phi) is 5.02. The first-order valence-corrected chi connectivity index (χ1v) is 8.69. The Morgan fingerprint density at radius 2 is 1.71 bits per heavy atom. The molecule has 3 heteroatoms.